The largest absolute Gasteiger partial charge is 0.496 e. The minimum Gasteiger partial charge on any atom is -0.496 e. The summed E-state index contributed by atoms with van der Waals surface area (Å²) in [5.41, 5.74) is 3.13. The number of anilines is 1. The molecule has 168 valence electrons. The van der Waals surface area contributed by atoms with Crippen LogP contribution in [0.15, 0.2) is 54.2 Å². The Labute approximate surface area is 189 Å². The molecular formula is C26H30N2O4. The van der Waals surface area contributed by atoms with Crippen molar-refractivity contribution >= 4 is 23.1 Å². The van der Waals surface area contributed by atoms with Gasteiger partial charge in [0.15, 0.2) is 0 Å². The van der Waals surface area contributed by atoms with E-state index in [-0.39, 0.29) is 24.0 Å². The van der Waals surface area contributed by atoms with Gasteiger partial charge in [-0.1, -0.05) is 44.2 Å². The average Bonchev–Trinajstić information content (AvgIpc) is 3.03. The molecule has 0 spiro atoms. The second-order valence-corrected chi connectivity index (χ2v) is 8.78. The van der Waals surface area contributed by atoms with E-state index >= 15 is 0 Å². The van der Waals surface area contributed by atoms with E-state index in [4.69, 9.17) is 9.47 Å². The van der Waals surface area contributed by atoms with Gasteiger partial charge in [0.1, 0.15) is 11.4 Å². The lowest BCUT2D eigenvalue weighted by atomic mass is 10.0. The van der Waals surface area contributed by atoms with E-state index in [1.54, 1.807) is 7.11 Å². The van der Waals surface area contributed by atoms with Gasteiger partial charge in [0.25, 0.3) is 11.8 Å². The number of nitrogens with zero attached hydrogens (tertiary/aromatic N) is 2. The molecule has 2 heterocycles. The van der Waals surface area contributed by atoms with Crippen LogP contribution in [0, 0.1) is 0 Å². The van der Waals surface area contributed by atoms with Crippen LogP contribution >= 0.6 is 0 Å². The molecule has 6 heteroatoms. The summed E-state index contributed by atoms with van der Waals surface area (Å²) in [5.74, 6) is 0.281. The number of para-hydroxylation sites is 1. The third kappa shape index (κ3) is 3.91. The predicted molar refractivity (Wildman–Crippen MR) is 125 cm³/mol. The van der Waals surface area contributed by atoms with E-state index in [2.05, 4.69) is 13.8 Å². The number of carbonyl (C=O) groups is 2. The van der Waals surface area contributed by atoms with Crippen molar-refractivity contribution in [2.45, 2.75) is 45.8 Å². The Hall–Kier alpha value is -3.12. The van der Waals surface area contributed by atoms with E-state index in [9.17, 15) is 9.59 Å². The topological polar surface area (TPSA) is 59.1 Å². The number of ether oxygens (including phenoxy) is 2. The van der Waals surface area contributed by atoms with Gasteiger partial charge >= 0.3 is 0 Å². The van der Waals surface area contributed by atoms with E-state index in [0.29, 0.717) is 47.3 Å². The van der Waals surface area contributed by atoms with Crippen LogP contribution in [-0.2, 0) is 14.3 Å². The molecule has 2 aromatic carbocycles. The molecule has 0 aliphatic carbocycles. The Morgan fingerprint density at radius 1 is 0.938 bits per heavy atom. The van der Waals surface area contributed by atoms with Gasteiger partial charge in [0.2, 0.25) is 0 Å². The highest BCUT2D eigenvalue weighted by molar-refractivity contribution is 6.45. The van der Waals surface area contributed by atoms with Gasteiger partial charge in [-0.3, -0.25) is 9.59 Å². The number of carbonyl (C=O) groups excluding carboxylic acids is 2. The maximum Gasteiger partial charge on any atom is 0.282 e. The smallest absolute Gasteiger partial charge is 0.282 e. The van der Waals surface area contributed by atoms with Crippen molar-refractivity contribution in [3.05, 3.63) is 65.4 Å². The summed E-state index contributed by atoms with van der Waals surface area (Å²) in [6.07, 6.45) is -0.0973. The normalized spacial score (nSPS) is 21.7. The van der Waals surface area contributed by atoms with Crippen LogP contribution in [0.2, 0.25) is 0 Å². The van der Waals surface area contributed by atoms with Crippen molar-refractivity contribution in [2.75, 3.05) is 25.1 Å². The van der Waals surface area contributed by atoms with Gasteiger partial charge in [-0.05, 0) is 43.5 Å². The maximum absolute atomic E-state index is 13.8. The third-order valence-electron chi connectivity index (χ3n) is 5.99. The van der Waals surface area contributed by atoms with Crippen molar-refractivity contribution in [2.24, 2.45) is 0 Å². The fourth-order valence-electron chi connectivity index (χ4n) is 4.51. The summed E-state index contributed by atoms with van der Waals surface area (Å²) in [6.45, 7) is 9.27. The van der Waals surface area contributed by atoms with Crippen molar-refractivity contribution in [1.29, 1.82) is 0 Å². The molecule has 2 amide bonds. The standard InChI is InChI=1S/C26H30N2O4/c1-16(2)19-10-12-20(13-11-19)28-25(29)23(21-8-6-7-9-22(21)31-5)24(26(28)30)27-14-17(3)32-18(4)15-27/h6-13,16-18H,14-15H2,1-5H3. The first kappa shape index (κ1) is 22.1. The first-order valence-corrected chi connectivity index (χ1v) is 11.1. The number of morpholine rings is 1. The molecule has 2 aliphatic rings. The Morgan fingerprint density at radius 2 is 1.56 bits per heavy atom. The SMILES string of the molecule is COc1ccccc1C1=C(N2CC(C)OC(C)C2)C(=O)N(c2ccc(C(C)C)cc2)C1=O. The van der Waals surface area contributed by atoms with Crippen LogP contribution in [0.5, 0.6) is 5.75 Å². The zero-order chi connectivity index (χ0) is 23.0. The molecule has 32 heavy (non-hydrogen) atoms. The summed E-state index contributed by atoms with van der Waals surface area (Å²) in [5, 5.41) is 0. The molecule has 1 saturated heterocycles. The fraction of sp³-hybridized carbons (Fsp3) is 0.385. The summed E-state index contributed by atoms with van der Waals surface area (Å²) < 4.78 is 11.4. The lowest BCUT2D eigenvalue weighted by molar-refractivity contribution is -0.121. The average molecular weight is 435 g/mol. The Balaban J connectivity index is 1.83. The summed E-state index contributed by atoms with van der Waals surface area (Å²) in [6, 6.07) is 15.0. The molecule has 6 nitrogen and oxygen atoms in total. The number of benzene rings is 2. The molecule has 4 rings (SSSR count). The fourth-order valence-corrected chi connectivity index (χ4v) is 4.51. The molecule has 0 saturated carbocycles. The van der Waals surface area contributed by atoms with Crippen LogP contribution < -0.4 is 9.64 Å². The molecule has 2 aliphatic heterocycles. The molecule has 0 radical (unpaired) electrons. The minimum atomic E-state index is -0.335. The molecule has 0 aromatic heterocycles. The second-order valence-electron chi connectivity index (χ2n) is 8.78. The van der Waals surface area contributed by atoms with Crippen molar-refractivity contribution < 1.29 is 19.1 Å². The van der Waals surface area contributed by atoms with Gasteiger partial charge in [-0.25, -0.2) is 4.90 Å². The van der Waals surface area contributed by atoms with Gasteiger partial charge in [0, 0.05) is 18.7 Å². The monoisotopic (exact) mass is 434 g/mol. The summed E-state index contributed by atoms with van der Waals surface area (Å²) >= 11 is 0. The quantitative estimate of drug-likeness (QED) is 0.660. The van der Waals surface area contributed by atoms with Crippen molar-refractivity contribution in [3.63, 3.8) is 0 Å². The predicted octanol–water partition coefficient (Wildman–Crippen LogP) is 4.21. The second kappa shape index (κ2) is 8.79. The molecule has 2 unspecified atom stereocenters. The zero-order valence-electron chi connectivity index (χ0n) is 19.3. The molecular weight excluding hydrogens is 404 g/mol. The highest BCUT2D eigenvalue weighted by atomic mass is 16.5. The lowest BCUT2D eigenvalue weighted by Crippen LogP contribution is -2.47. The van der Waals surface area contributed by atoms with Crippen LogP contribution in [0.1, 0.15) is 44.7 Å². The first-order chi connectivity index (χ1) is 15.3. The Morgan fingerprint density at radius 3 is 2.16 bits per heavy atom. The number of methoxy groups -OCH3 is 1. The minimum absolute atomic E-state index is 0.0487. The molecule has 0 bridgehead atoms. The van der Waals surface area contributed by atoms with Crippen LogP contribution in [0.25, 0.3) is 5.57 Å². The molecule has 2 atom stereocenters. The van der Waals surface area contributed by atoms with E-state index in [0.717, 1.165) is 5.56 Å². The number of hydrogen-bond acceptors (Lipinski definition) is 5. The summed E-state index contributed by atoms with van der Waals surface area (Å²) in [4.78, 5) is 30.8. The molecule has 1 fully saturated rings. The van der Waals surface area contributed by atoms with E-state index in [1.165, 1.54) is 4.90 Å². The van der Waals surface area contributed by atoms with Gasteiger partial charge in [0.05, 0.1) is 30.6 Å². The van der Waals surface area contributed by atoms with Gasteiger partial charge in [-0.2, -0.15) is 0 Å². The van der Waals surface area contributed by atoms with Crippen LogP contribution in [0.3, 0.4) is 0 Å². The molecule has 2 aromatic rings. The maximum atomic E-state index is 13.8. The zero-order valence-corrected chi connectivity index (χ0v) is 19.3. The molecule has 0 N–H and O–H groups in total. The van der Waals surface area contributed by atoms with Gasteiger partial charge < -0.3 is 14.4 Å². The van der Waals surface area contributed by atoms with Crippen molar-refractivity contribution in [3.8, 4) is 5.75 Å². The van der Waals surface area contributed by atoms with Crippen LogP contribution in [-0.4, -0.2) is 49.1 Å². The summed E-state index contributed by atoms with van der Waals surface area (Å²) in [7, 11) is 1.57. The van der Waals surface area contributed by atoms with E-state index < -0.39 is 0 Å². The highest BCUT2D eigenvalue weighted by Crippen LogP contribution is 2.39. The van der Waals surface area contributed by atoms with E-state index in [1.807, 2.05) is 67.3 Å². The first-order valence-electron chi connectivity index (χ1n) is 11.1. The Kier molecular flexibility index (Phi) is 6.07. The number of amides is 2. The lowest BCUT2D eigenvalue weighted by Gasteiger charge is -2.37. The number of imide groups is 1. The van der Waals surface area contributed by atoms with Gasteiger partial charge in [-0.15, -0.1) is 0 Å². The van der Waals surface area contributed by atoms with Crippen LogP contribution in [0.4, 0.5) is 5.69 Å². The number of hydrogen-bond donors (Lipinski definition) is 0. The third-order valence-corrected chi connectivity index (χ3v) is 5.99. The highest BCUT2D eigenvalue weighted by Gasteiger charge is 2.44. The number of rotatable bonds is 5. The van der Waals surface area contributed by atoms with Crippen molar-refractivity contribution in [1.82, 2.24) is 4.90 Å². The Bertz CT molecular complexity index is 1050.